The number of ether oxygens (including phenoxy) is 1. The molecule has 9 heavy (non-hydrogen) atoms. The Morgan fingerprint density at radius 1 is 1.44 bits per heavy atom. The lowest BCUT2D eigenvalue weighted by Gasteiger charge is -2.18. The van der Waals surface area contributed by atoms with E-state index in [9.17, 15) is 0 Å². The van der Waals surface area contributed by atoms with Gasteiger partial charge in [0.2, 0.25) is 0 Å². The lowest BCUT2D eigenvalue weighted by molar-refractivity contribution is 0.0959. The summed E-state index contributed by atoms with van der Waals surface area (Å²) < 4.78 is 5.35. The van der Waals surface area contributed by atoms with E-state index in [1.54, 1.807) is 0 Å². The van der Waals surface area contributed by atoms with Gasteiger partial charge in [0.15, 0.2) is 0 Å². The largest absolute Gasteiger partial charge is 0.497 e. The predicted molar refractivity (Wildman–Crippen MR) is 38.0 cm³/mol. The maximum atomic E-state index is 5.35. The summed E-state index contributed by atoms with van der Waals surface area (Å²) in [4.78, 5) is 0. The van der Waals surface area contributed by atoms with Crippen molar-refractivity contribution in [3.63, 3.8) is 0 Å². The molecule has 0 aromatic carbocycles. The summed E-state index contributed by atoms with van der Waals surface area (Å²) in [5.41, 5.74) is 0. The zero-order valence-electron chi connectivity index (χ0n) is 6.29. The summed E-state index contributed by atoms with van der Waals surface area (Å²) in [5.74, 6) is 1.24. The minimum absolute atomic E-state index is 0.421. The van der Waals surface area contributed by atoms with E-state index in [0.29, 0.717) is 17.9 Å². The highest BCUT2D eigenvalue weighted by molar-refractivity contribution is 4.93. The third-order valence-electron chi connectivity index (χ3n) is 1.79. The van der Waals surface area contributed by atoms with E-state index >= 15 is 0 Å². The van der Waals surface area contributed by atoms with Gasteiger partial charge in [0.1, 0.15) is 6.10 Å². The maximum Gasteiger partial charge on any atom is 0.106 e. The summed E-state index contributed by atoms with van der Waals surface area (Å²) in [6.45, 7) is 6.57. The van der Waals surface area contributed by atoms with Crippen LogP contribution in [-0.2, 0) is 4.74 Å². The van der Waals surface area contributed by atoms with Crippen molar-refractivity contribution in [2.75, 3.05) is 0 Å². The van der Waals surface area contributed by atoms with Gasteiger partial charge in [-0.05, 0) is 12.0 Å². The molecule has 1 aliphatic heterocycles. The van der Waals surface area contributed by atoms with Crippen molar-refractivity contribution in [2.45, 2.75) is 26.9 Å². The van der Waals surface area contributed by atoms with E-state index in [2.05, 4.69) is 26.8 Å². The first-order chi connectivity index (χ1) is 4.22. The van der Waals surface area contributed by atoms with Crippen LogP contribution in [0.4, 0.5) is 0 Å². The van der Waals surface area contributed by atoms with Gasteiger partial charge >= 0.3 is 0 Å². The SMILES string of the molecule is CC(C)C1OC=CC1C. The average molecular weight is 126 g/mol. The van der Waals surface area contributed by atoms with Crippen LogP contribution >= 0.6 is 0 Å². The molecule has 0 spiro atoms. The van der Waals surface area contributed by atoms with Gasteiger partial charge in [-0.3, -0.25) is 0 Å². The first-order valence-corrected chi connectivity index (χ1v) is 3.54. The standard InChI is InChI=1S/C8H14O/c1-6(2)8-7(3)4-5-9-8/h4-8H,1-3H3. The van der Waals surface area contributed by atoms with Gasteiger partial charge in [-0.2, -0.15) is 0 Å². The Balaban J connectivity index is 2.45. The van der Waals surface area contributed by atoms with Crippen LogP contribution in [-0.4, -0.2) is 6.10 Å². The van der Waals surface area contributed by atoms with Crippen LogP contribution in [0.1, 0.15) is 20.8 Å². The zero-order chi connectivity index (χ0) is 6.85. The minimum atomic E-state index is 0.421. The molecule has 1 heteroatoms. The van der Waals surface area contributed by atoms with Gasteiger partial charge in [-0.15, -0.1) is 0 Å². The summed E-state index contributed by atoms with van der Waals surface area (Å²) in [5, 5.41) is 0. The van der Waals surface area contributed by atoms with Crippen LogP contribution in [0.25, 0.3) is 0 Å². The van der Waals surface area contributed by atoms with Crippen LogP contribution in [0.5, 0.6) is 0 Å². The lowest BCUT2D eigenvalue weighted by atomic mass is 9.96. The zero-order valence-corrected chi connectivity index (χ0v) is 6.29. The molecule has 2 atom stereocenters. The molecule has 1 heterocycles. The smallest absolute Gasteiger partial charge is 0.106 e. The monoisotopic (exact) mass is 126 g/mol. The molecule has 2 unspecified atom stereocenters. The number of rotatable bonds is 1. The Morgan fingerprint density at radius 3 is 2.33 bits per heavy atom. The summed E-state index contributed by atoms with van der Waals surface area (Å²) in [6.07, 6.45) is 4.35. The first kappa shape index (κ1) is 6.66. The normalized spacial score (nSPS) is 33.3. The fraction of sp³-hybridized carbons (Fsp3) is 0.750. The predicted octanol–water partition coefficient (Wildman–Crippen LogP) is 2.19. The molecule has 0 amide bonds. The van der Waals surface area contributed by atoms with Crippen molar-refractivity contribution >= 4 is 0 Å². The lowest BCUT2D eigenvalue weighted by Crippen LogP contribution is -2.20. The highest BCUT2D eigenvalue weighted by Gasteiger charge is 2.22. The Morgan fingerprint density at radius 2 is 2.11 bits per heavy atom. The molecular weight excluding hydrogens is 112 g/mol. The van der Waals surface area contributed by atoms with Crippen LogP contribution in [0.3, 0.4) is 0 Å². The number of hydrogen-bond donors (Lipinski definition) is 0. The van der Waals surface area contributed by atoms with E-state index in [4.69, 9.17) is 4.74 Å². The molecule has 1 aliphatic rings. The Bertz CT molecular complexity index is 116. The second-order valence-electron chi connectivity index (χ2n) is 3.03. The van der Waals surface area contributed by atoms with E-state index in [0.717, 1.165) is 0 Å². The molecule has 0 fully saturated rings. The van der Waals surface area contributed by atoms with Gasteiger partial charge in [0.25, 0.3) is 0 Å². The first-order valence-electron chi connectivity index (χ1n) is 3.54. The van der Waals surface area contributed by atoms with Crippen molar-refractivity contribution in [3.05, 3.63) is 12.3 Å². The Labute approximate surface area is 56.7 Å². The van der Waals surface area contributed by atoms with Gasteiger partial charge in [0, 0.05) is 5.92 Å². The second-order valence-corrected chi connectivity index (χ2v) is 3.03. The van der Waals surface area contributed by atoms with E-state index in [1.807, 2.05) is 6.26 Å². The van der Waals surface area contributed by atoms with Crippen molar-refractivity contribution in [1.29, 1.82) is 0 Å². The van der Waals surface area contributed by atoms with Crippen LogP contribution in [0.2, 0.25) is 0 Å². The molecule has 0 aromatic rings. The summed E-state index contributed by atoms with van der Waals surface area (Å²) >= 11 is 0. The molecule has 0 aliphatic carbocycles. The van der Waals surface area contributed by atoms with Gasteiger partial charge < -0.3 is 4.74 Å². The summed E-state index contributed by atoms with van der Waals surface area (Å²) in [6, 6.07) is 0. The minimum Gasteiger partial charge on any atom is -0.497 e. The molecule has 0 saturated carbocycles. The Kier molecular flexibility index (Phi) is 1.79. The molecule has 1 rings (SSSR count). The third-order valence-corrected chi connectivity index (χ3v) is 1.79. The molecule has 0 N–H and O–H groups in total. The maximum absolute atomic E-state index is 5.35. The third kappa shape index (κ3) is 1.26. The molecule has 0 bridgehead atoms. The topological polar surface area (TPSA) is 9.23 Å². The molecule has 0 aromatic heterocycles. The highest BCUT2D eigenvalue weighted by Crippen LogP contribution is 2.22. The molecule has 52 valence electrons. The molecule has 0 saturated heterocycles. The van der Waals surface area contributed by atoms with E-state index < -0.39 is 0 Å². The Hall–Kier alpha value is -0.460. The van der Waals surface area contributed by atoms with Crippen LogP contribution in [0, 0.1) is 11.8 Å². The second kappa shape index (κ2) is 2.42. The van der Waals surface area contributed by atoms with Crippen molar-refractivity contribution in [1.82, 2.24) is 0 Å². The fourth-order valence-electron chi connectivity index (χ4n) is 1.26. The van der Waals surface area contributed by atoms with Gasteiger partial charge in [-0.1, -0.05) is 20.8 Å². The summed E-state index contributed by atoms with van der Waals surface area (Å²) in [7, 11) is 0. The molecule has 0 radical (unpaired) electrons. The van der Waals surface area contributed by atoms with E-state index in [1.165, 1.54) is 0 Å². The van der Waals surface area contributed by atoms with Crippen molar-refractivity contribution in [2.24, 2.45) is 11.8 Å². The number of hydrogen-bond acceptors (Lipinski definition) is 1. The van der Waals surface area contributed by atoms with Gasteiger partial charge in [-0.25, -0.2) is 0 Å². The van der Waals surface area contributed by atoms with Gasteiger partial charge in [0.05, 0.1) is 6.26 Å². The van der Waals surface area contributed by atoms with Crippen molar-refractivity contribution in [3.8, 4) is 0 Å². The van der Waals surface area contributed by atoms with Crippen LogP contribution < -0.4 is 0 Å². The van der Waals surface area contributed by atoms with E-state index in [-0.39, 0.29) is 0 Å². The molecule has 1 nitrogen and oxygen atoms in total. The molecular formula is C8H14O. The average Bonchev–Trinajstić information content (AvgIpc) is 2.13. The quantitative estimate of drug-likeness (QED) is 0.523. The highest BCUT2D eigenvalue weighted by atomic mass is 16.5. The van der Waals surface area contributed by atoms with Crippen LogP contribution in [0.15, 0.2) is 12.3 Å². The fourth-order valence-corrected chi connectivity index (χ4v) is 1.26. The van der Waals surface area contributed by atoms with Crippen molar-refractivity contribution < 1.29 is 4.74 Å².